The van der Waals surface area contributed by atoms with Crippen molar-refractivity contribution in [3.63, 3.8) is 0 Å². The van der Waals surface area contributed by atoms with Gasteiger partial charge in [0.2, 0.25) is 0 Å². The zero-order valence-corrected chi connectivity index (χ0v) is 11.4. The van der Waals surface area contributed by atoms with Crippen molar-refractivity contribution in [3.05, 3.63) is 17.5 Å². The van der Waals surface area contributed by atoms with Crippen molar-refractivity contribution < 1.29 is 13.5 Å². The molecule has 1 aromatic rings. The number of nitrogens with zero attached hydrogens (tertiary/aromatic N) is 2. The highest BCUT2D eigenvalue weighted by molar-refractivity contribution is 7.90. The molecule has 0 aliphatic heterocycles. The van der Waals surface area contributed by atoms with Crippen molar-refractivity contribution in [1.29, 1.82) is 0 Å². The number of aliphatic hydroxyl groups excluding tert-OH is 1. The summed E-state index contributed by atoms with van der Waals surface area (Å²) in [5.74, 6) is -0.205. The predicted molar refractivity (Wildman–Crippen MR) is 66.7 cm³/mol. The normalized spacial score (nSPS) is 13.9. The molecule has 0 bridgehead atoms. The Morgan fingerprint density at radius 3 is 2.59 bits per heavy atom. The van der Waals surface area contributed by atoms with E-state index in [0.717, 1.165) is 30.6 Å². The molecule has 1 N–H and O–H groups in total. The first-order valence-electron chi connectivity index (χ1n) is 5.77. The van der Waals surface area contributed by atoms with Gasteiger partial charge in [0.15, 0.2) is 0 Å². The van der Waals surface area contributed by atoms with Gasteiger partial charge in [-0.3, -0.25) is 4.68 Å². The standard InChI is InChI=1S/C11H20N2O3S/c1-4-9-6-10(13(5-2)12-9)7-11(14)8-17(3,15)16/h6,11,14H,4-5,7-8H2,1-3H3. The molecule has 98 valence electrons. The molecule has 0 fully saturated rings. The zero-order chi connectivity index (χ0) is 13.1. The molecular formula is C11H20N2O3S. The average molecular weight is 260 g/mol. The van der Waals surface area contributed by atoms with Crippen LogP contribution < -0.4 is 0 Å². The number of rotatable bonds is 6. The van der Waals surface area contributed by atoms with Gasteiger partial charge in [-0.15, -0.1) is 0 Å². The van der Waals surface area contributed by atoms with Crippen LogP contribution in [0.4, 0.5) is 0 Å². The minimum atomic E-state index is -3.14. The van der Waals surface area contributed by atoms with Gasteiger partial charge < -0.3 is 5.11 Å². The summed E-state index contributed by atoms with van der Waals surface area (Å²) < 4.78 is 23.9. The molecule has 0 spiro atoms. The smallest absolute Gasteiger partial charge is 0.150 e. The third kappa shape index (κ3) is 4.47. The molecule has 0 saturated carbocycles. The number of aliphatic hydroxyl groups is 1. The van der Waals surface area contributed by atoms with Crippen LogP contribution >= 0.6 is 0 Å². The number of aryl methyl sites for hydroxylation is 2. The molecule has 0 amide bonds. The fourth-order valence-electron chi connectivity index (χ4n) is 1.78. The Balaban J connectivity index is 2.76. The van der Waals surface area contributed by atoms with Crippen molar-refractivity contribution >= 4 is 9.84 Å². The molecule has 0 saturated heterocycles. The monoisotopic (exact) mass is 260 g/mol. The topological polar surface area (TPSA) is 72.2 Å². The van der Waals surface area contributed by atoms with Crippen LogP contribution in [-0.4, -0.2) is 41.4 Å². The molecule has 5 nitrogen and oxygen atoms in total. The van der Waals surface area contributed by atoms with Crippen LogP contribution in [-0.2, 0) is 29.2 Å². The minimum absolute atomic E-state index is 0.205. The maximum atomic E-state index is 11.1. The number of aromatic nitrogens is 2. The zero-order valence-electron chi connectivity index (χ0n) is 10.5. The van der Waals surface area contributed by atoms with Gasteiger partial charge in [0.05, 0.1) is 17.6 Å². The molecule has 17 heavy (non-hydrogen) atoms. The first-order chi connectivity index (χ1) is 7.85. The van der Waals surface area contributed by atoms with Crippen LogP contribution in [0.2, 0.25) is 0 Å². The molecule has 1 heterocycles. The lowest BCUT2D eigenvalue weighted by Crippen LogP contribution is -2.23. The molecule has 1 rings (SSSR count). The largest absolute Gasteiger partial charge is 0.392 e. The first kappa shape index (κ1) is 14.2. The van der Waals surface area contributed by atoms with Gasteiger partial charge >= 0.3 is 0 Å². The van der Waals surface area contributed by atoms with E-state index in [2.05, 4.69) is 5.10 Å². The summed E-state index contributed by atoms with van der Waals surface area (Å²) in [6.07, 6.45) is 1.43. The van der Waals surface area contributed by atoms with Crippen molar-refractivity contribution in [1.82, 2.24) is 9.78 Å². The van der Waals surface area contributed by atoms with Crippen molar-refractivity contribution in [2.24, 2.45) is 0 Å². The molecule has 1 unspecified atom stereocenters. The lowest BCUT2D eigenvalue weighted by molar-refractivity contribution is 0.195. The predicted octanol–water partition coefficient (Wildman–Crippen LogP) is 0.413. The quantitative estimate of drug-likeness (QED) is 0.804. The van der Waals surface area contributed by atoms with E-state index in [1.807, 2.05) is 24.6 Å². The summed E-state index contributed by atoms with van der Waals surface area (Å²) in [5, 5.41) is 14.1. The molecule has 0 aliphatic carbocycles. The van der Waals surface area contributed by atoms with E-state index in [1.165, 1.54) is 0 Å². The fourth-order valence-corrected chi connectivity index (χ4v) is 2.59. The van der Waals surface area contributed by atoms with Crippen LogP contribution in [0.15, 0.2) is 6.07 Å². The summed E-state index contributed by atoms with van der Waals surface area (Å²) >= 11 is 0. The number of sulfone groups is 1. The van der Waals surface area contributed by atoms with Crippen molar-refractivity contribution in [2.75, 3.05) is 12.0 Å². The van der Waals surface area contributed by atoms with Crippen LogP contribution in [0, 0.1) is 0 Å². The van der Waals surface area contributed by atoms with Crippen LogP contribution in [0.1, 0.15) is 25.2 Å². The third-order valence-electron chi connectivity index (χ3n) is 2.52. The van der Waals surface area contributed by atoms with Crippen LogP contribution in [0.25, 0.3) is 0 Å². The summed E-state index contributed by atoms with van der Waals surface area (Å²) in [6.45, 7) is 4.71. The van der Waals surface area contributed by atoms with E-state index < -0.39 is 15.9 Å². The summed E-state index contributed by atoms with van der Waals surface area (Å²) in [5.41, 5.74) is 1.86. The van der Waals surface area contributed by atoms with Gasteiger partial charge in [0.25, 0.3) is 0 Å². The van der Waals surface area contributed by atoms with Gasteiger partial charge in [-0.2, -0.15) is 5.10 Å². The first-order valence-corrected chi connectivity index (χ1v) is 7.83. The molecular weight excluding hydrogens is 240 g/mol. The average Bonchev–Trinajstić information content (AvgIpc) is 2.57. The highest BCUT2D eigenvalue weighted by atomic mass is 32.2. The summed E-state index contributed by atoms with van der Waals surface area (Å²) in [7, 11) is -3.14. The summed E-state index contributed by atoms with van der Waals surface area (Å²) in [4.78, 5) is 0. The molecule has 6 heteroatoms. The third-order valence-corrected chi connectivity index (χ3v) is 3.51. The van der Waals surface area contributed by atoms with Crippen LogP contribution in [0.3, 0.4) is 0 Å². The van der Waals surface area contributed by atoms with E-state index in [9.17, 15) is 13.5 Å². The number of hydrogen-bond donors (Lipinski definition) is 1. The minimum Gasteiger partial charge on any atom is -0.392 e. The molecule has 0 aromatic carbocycles. The van der Waals surface area contributed by atoms with Crippen molar-refractivity contribution in [3.8, 4) is 0 Å². The Bertz CT molecular complexity index is 465. The second kappa shape index (κ2) is 5.64. The van der Waals surface area contributed by atoms with E-state index in [0.29, 0.717) is 6.42 Å². The Morgan fingerprint density at radius 2 is 2.12 bits per heavy atom. The maximum Gasteiger partial charge on any atom is 0.150 e. The maximum absolute atomic E-state index is 11.1. The van der Waals surface area contributed by atoms with Gasteiger partial charge in [-0.1, -0.05) is 6.92 Å². The van der Waals surface area contributed by atoms with Gasteiger partial charge in [0.1, 0.15) is 9.84 Å². The Labute approximate surface area is 102 Å². The fraction of sp³-hybridized carbons (Fsp3) is 0.727. The number of hydrogen-bond acceptors (Lipinski definition) is 4. The van der Waals surface area contributed by atoms with E-state index >= 15 is 0 Å². The molecule has 1 aromatic heterocycles. The Kier molecular flexibility index (Phi) is 4.70. The Morgan fingerprint density at radius 1 is 1.47 bits per heavy atom. The van der Waals surface area contributed by atoms with E-state index in [1.54, 1.807) is 0 Å². The highest BCUT2D eigenvalue weighted by Gasteiger charge is 2.16. The van der Waals surface area contributed by atoms with Gasteiger partial charge in [-0.25, -0.2) is 8.42 Å². The van der Waals surface area contributed by atoms with E-state index in [4.69, 9.17) is 0 Å². The highest BCUT2D eigenvalue weighted by Crippen LogP contribution is 2.09. The molecule has 0 aliphatic rings. The molecule has 1 atom stereocenters. The molecule has 0 radical (unpaired) electrons. The van der Waals surface area contributed by atoms with Gasteiger partial charge in [-0.05, 0) is 19.4 Å². The second-order valence-electron chi connectivity index (χ2n) is 4.25. The second-order valence-corrected chi connectivity index (χ2v) is 6.43. The van der Waals surface area contributed by atoms with Crippen molar-refractivity contribution in [2.45, 2.75) is 39.3 Å². The van der Waals surface area contributed by atoms with Gasteiger partial charge in [0, 0.05) is 24.9 Å². The Hall–Kier alpha value is -0.880. The SMILES string of the molecule is CCc1cc(CC(O)CS(C)(=O)=O)n(CC)n1. The lowest BCUT2D eigenvalue weighted by atomic mass is 10.2. The lowest BCUT2D eigenvalue weighted by Gasteiger charge is -2.10. The van der Waals surface area contributed by atoms with Crippen LogP contribution in [0.5, 0.6) is 0 Å². The summed E-state index contributed by atoms with van der Waals surface area (Å²) in [6, 6.07) is 1.93. The van der Waals surface area contributed by atoms with E-state index in [-0.39, 0.29) is 5.75 Å².